The van der Waals surface area contributed by atoms with Gasteiger partial charge in [0.1, 0.15) is 0 Å². The lowest BCUT2D eigenvalue weighted by Gasteiger charge is -2.56. The number of thiol groups is 2. The summed E-state index contributed by atoms with van der Waals surface area (Å²) in [6.45, 7) is 20.1. The molecule has 6 fully saturated rings. The van der Waals surface area contributed by atoms with E-state index < -0.39 is 0 Å². The molecule has 0 saturated carbocycles. The SMILES string of the molecule is CC1(C)CC(N2CN3C(=O)N4CN(C5CC(C)(C)N(S)C(C)(C)C5)CN5C(=O)N(C2)C3C45)CC(C)(C)N1S. The fraction of sp³-hybridized carbons (Fsp3) is 0.923. The Morgan fingerprint density at radius 2 is 0.763 bits per heavy atom. The zero-order chi connectivity index (χ0) is 27.7. The summed E-state index contributed by atoms with van der Waals surface area (Å²) in [4.78, 5) is 40.3. The Balaban J connectivity index is 1.24. The quantitative estimate of drug-likeness (QED) is 0.501. The van der Waals surface area contributed by atoms with Crippen molar-refractivity contribution >= 4 is 37.7 Å². The first-order valence-electron chi connectivity index (χ1n) is 14.1. The molecule has 0 unspecified atom stereocenters. The second-order valence-corrected chi connectivity index (χ2v) is 15.8. The summed E-state index contributed by atoms with van der Waals surface area (Å²) < 4.78 is 4.36. The van der Waals surface area contributed by atoms with Crippen LogP contribution < -0.4 is 0 Å². The van der Waals surface area contributed by atoms with Crippen LogP contribution in [0.25, 0.3) is 0 Å². The van der Waals surface area contributed by atoms with E-state index in [0.717, 1.165) is 25.7 Å². The van der Waals surface area contributed by atoms with Crippen molar-refractivity contribution in [1.82, 2.24) is 38.0 Å². The number of amides is 4. The lowest BCUT2D eigenvalue weighted by Crippen LogP contribution is -2.67. The summed E-state index contributed by atoms with van der Waals surface area (Å²) in [7, 11) is 0. The van der Waals surface area contributed by atoms with Crippen molar-refractivity contribution in [1.29, 1.82) is 0 Å². The molecule has 12 heteroatoms. The number of piperidine rings is 2. The van der Waals surface area contributed by atoms with Crippen molar-refractivity contribution < 1.29 is 9.59 Å². The minimum atomic E-state index is -0.202. The maximum absolute atomic E-state index is 13.9. The molecule has 0 aromatic carbocycles. The number of urea groups is 2. The van der Waals surface area contributed by atoms with Crippen molar-refractivity contribution in [3.05, 3.63) is 0 Å². The van der Waals surface area contributed by atoms with Gasteiger partial charge in [-0.2, -0.15) is 0 Å². The third-order valence-electron chi connectivity index (χ3n) is 10.1. The second kappa shape index (κ2) is 8.31. The van der Waals surface area contributed by atoms with Crippen LogP contribution in [0.2, 0.25) is 0 Å². The van der Waals surface area contributed by atoms with Gasteiger partial charge >= 0.3 is 12.1 Å². The van der Waals surface area contributed by atoms with Gasteiger partial charge in [0.05, 0.1) is 26.7 Å². The molecular weight excluding hydrogens is 520 g/mol. The number of carbonyl (C=O) groups excluding carboxylic acids is 2. The van der Waals surface area contributed by atoms with Gasteiger partial charge in [0, 0.05) is 34.2 Å². The van der Waals surface area contributed by atoms with Crippen LogP contribution >= 0.6 is 25.6 Å². The summed E-state index contributed by atoms with van der Waals surface area (Å²) in [6.07, 6.45) is 3.35. The molecule has 38 heavy (non-hydrogen) atoms. The number of hydrogen-bond donors (Lipinski definition) is 2. The summed E-state index contributed by atoms with van der Waals surface area (Å²) in [5.41, 5.74) is -0.361. The van der Waals surface area contributed by atoms with Crippen molar-refractivity contribution in [3.8, 4) is 0 Å². The average molecular weight is 567 g/mol. The summed E-state index contributed by atoms with van der Waals surface area (Å²) in [5.74, 6) is 0. The van der Waals surface area contributed by atoms with Crippen LogP contribution in [-0.2, 0) is 0 Å². The Morgan fingerprint density at radius 3 is 1.00 bits per heavy atom. The molecular formula is C26H46N8O2S2. The van der Waals surface area contributed by atoms with E-state index in [1.165, 1.54) is 0 Å². The van der Waals surface area contributed by atoms with Gasteiger partial charge in [-0.3, -0.25) is 29.4 Å². The Kier molecular flexibility index (Phi) is 5.96. The summed E-state index contributed by atoms with van der Waals surface area (Å²) >= 11 is 9.68. The fourth-order valence-electron chi connectivity index (χ4n) is 8.63. The standard InChI is InChI=1S/C26H46N8O2S2/c1-23(2)9-17(10-24(3,4)33(23)37)27-13-29-19-20-31(21(29)35)15-28(16-32(20)22(36)30(19)14-27)18-11-25(5,6)34(38)26(7,8)12-18/h17-20,37-38H,9-16H2,1-8H3. The van der Waals surface area contributed by atoms with Crippen LogP contribution in [0.5, 0.6) is 0 Å². The van der Waals surface area contributed by atoms with Gasteiger partial charge < -0.3 is 0 Å². The minimum absolute atomic E-state index is 0.0483. The van der Waals surface area contributed by atoms with Crippen LogP contribution in [0, 0.1) is 0 Å². The van der Waals surface area contributed by atoms with Crippen LogP contribution in [0.4, 0.5) is 9.59 Å². The molecule has 0 aromatic rings. The largest absolute Gasteiger partial charge is 0.325 e. The first kappa shape index (κ1) is 27.3. The van der Waals surface area contributed by atoms with E-state index in [4.69, 9.17) is 25.6 Å². The van der Waals surface area contributed by atoms with Gasteiger partial charge in [0.2, 0.25) is 0 Å². The van der Waals surface area contributed by atoms with Gasteiger partial charge in [0.25, 0.3) is 0 Å². The molecule has 0 N–H and O–H groups in total. The van der Waals surface area contributed by atoms with Crippen LogP contribution in [0.3, 0.4) is 0 Å². The van der Waals surface area contributed by atoms with E-state index >= 15 is 0 Å². The predicted molar refractivity (Wildman–Crippen MR) is 153 cm³/mol. The molecule has 0 aliphatic carbocycles. The average Bonchev–Trinajstić information content (AvgIpc) is 3.26. The van der Waals surface area contributed by atoms with Gasteiger partial charge in [0.15, 0.2) is 12.3 Å². The van der Waals surface area contributed by atoms with Crippen LogP contribution in [0.1, 0.15) is 81.1 Å². The monoisotopic (exact) mass is 566 g/mol. The number of carbonyl (C=O) groups is 2. The van der Waals surface area contributed by atoms with E-state index in [-0.39, 0.29) is 58.6 Å². The van der Waals surface area contributed by atoms with E-state index in [1.807, 2.05) is 19.6 Å². The highest BCUT2D eigenvalue weighted by atomic mass is 32.1. The Labute approximate surface area is 239 Å². The van der Waals surface area contributed by atoms with E-state index in [1.54, 1.807) is 0 Å². The molecule has 0 bridgehead atoms. The number of nitrogens with zero attached hydrogens (tertiary/aromatic N) is 8. The topological polar surface area (TPSA) is 60.1 Å². The molecule has 6 saturated heterocycles. The molecule has 214 valence electrons. The van der Waals surface area contributed by atoms with Crippen LogP contribution in [0.15, 0.2) is 0 Å². The van der Waals surface area contributed by atoms with Gasteiger partial charge in [-0.05, 0) is 81.1 Å². The van der Waals surface area contributed by atoms with Crippen molar-refractivity contribution in [2.45, 2.75) is 128 Å². The summed E-state index contributed by atoms with van der Waals surface area (Å²) in [6, 6.07) is 0.628. The molecule has 0 aromatic heterocycles. The zero-order valence-corrected chi connectivity index (χ0v) is 26.0. The van der Waals surface area contributed by atoms with E-state index in [0.29, 0.717) is 26.7 Å². The molecule has 10 nitrogen and oxygen atoms in total. The molecule has 4 amide bonds. The molecule has 0 atom stereocenters. The number of rotatable bonds is 2. The maximum Gasteiger partial charge on any atom is 0.325 e. The lowest BCUT2D eigenvalue weighted by molar-refractivity contribution is -0.0797. The smallest absolute Gasteiger partial charge is 0.287 e. The molecule has 0 radical (unpaired) electrons. The third kappa shape index (κ3) is 3.83. The predicted octanol–water partition coefficient (Wildman–Crippen LogP) is 3.31. The first-order valence-corrected chi connectivity index (χ1v) is 14.9. The lowest BCUT2D eigenvalue weighted by atomic mass is 9.79. The second-order valence-electron chi connectivity index (χ2n) is 15.0. The minimum Gasteiger partial charge on any atom is -0.287 e. The van der Waals surface area contributed by atoms with Crippen molar-refractivity contribution in [2.75, 3.05) is 26.7 Å². The molecule has 6 aliphatic heterocycles. The number of hydrogen-bond acceptors (Lipinski definition) is 8. The van der Waals surface area contributed by atoms with Gasteiger partial charge in [-0.1, -0.05) is 25.6 Å². The van der Waals surface area contributed by atoms with Crippen LogP contribution in [-0.4, -0.2) is 123 Å². The molecule has 6 aliphatic rings. The highest BCUT2D eigenvalue weighted by Crippen LogP contribution is 2.47. The summed E-state index contributed by atoms with van der Waals surface area (Å²) in [5, 5.41) is 0. The van der Waals surface area contributed by atoms with Crippen molar-refractivity contribution in [2.24, 2.45) is 0 Å². The molecule has 0 spiro atoms. The maximum atomic E-state index is 13.9. The Bertz CT molecular complexity index is 889. The van der Waals surface area contributed by atoms with Crippen molar-refractivity contribution in [3.63, 3.8) is 0 Å². The molecule has 6 heterocycles. The normalized spacial score (nSPS) is 33.1. The van der Waals surface area contributed by atoms with E-state index in [2.05, 4.69) is 73.8 Å². The Morgan fingerprint density at radius 1 is 0.526 bits per heavy atom. The van der Waals surface area contributed by atoms with E-state index in [9.17, 15) is 9.59 Å². The third-order valence-corrected chi connectivity index (χ3v) is 12.3. The zero-order valence-electron chi connectivity index (χ0n) is 24.3. The first-order chi connectivity index (χ1) is 17.4. The van der Waals surface area contributed by atoms with Gasteiger partial charge in [-0.15, -0.1) is 0 Å². The van der Waals surface area contributed by atoms with Gasteiger partial charge in [-0.25, -0.2) is 18.2 Å². The highest BCUT2D eigenvalue weighted by Gasteiger charge is 2.64. The Hall–Kier alpha value is -0.920. The highest BCUT2D eigenvalue weighted by molar-refractivity contribution is 7.78. The fourth-order valence-corrected chi connectivity index (χ4v) is 8.95. The molecule has 6 rings (SSSR count).